The summed E-state index contributed by atoms with van der Waals surface area (Å²) < 4.78 is 5.25. The second-order valence-corrected chi connectivity index (χ2v) is 6.63. The van der Waals surface area contributed by atoms with Gasteiger partial charge in [0.25, 0.3) is 0 Å². The van der Waals surface area contributed by atoms with Crippen LogP contribution in [-0.2, 0) is 4.74 Å². The maximum Gasteiger partial charge on any atom is 0.407 e. The number of rotatable bonds is 4. The first-order chi connectivity index (χ1) is 8.87. The Balaban J connectivity index is 2.19. The fourth-order valence-electron chi connectivity index (χ4n) is 2.38. The van der Waals surface area contributed by atoms with Gasteiger partial charge < -0.3 is 15.4 Å². The molecule has 2 unspecified atom stereocenters. The highest BCUT2D eigenvalue weighted by Crippen LogP contribution is 2.14. The van der Waals surface area contributed by atoms with Gasteiger partial charge in [0, 0.05) is 12.1 Å². The lowest BCUT2D eigenvalue weighted by atomic mass is 10.0. The summed E-state index contributed by atoms with van der Waals surface area (Å²) >= 11 is 0. The van der Waals surface area contributed by atoms with Crippen LogP contribution in [0, 0.1) is 0 Å². The minimum atomic E-state index is -0.424. The molecule has 0 spiro atoms. The third-order valence-electron chi connectivity index (χ3n) is 3.37. The second kappa shape index (κ2) is 7.73. The molecule has 1 aliphatic rings. The molecule has 0 radical (unpaired) electrons. The van der Waals surface area contributed by atoms with Crippen LogP contribution < -0.4 is 10.6 Å². The zero-order valence-corrected chi connectivity index (χ0v) is 12.9. The Morgan fingerprint density at radius 1 is 1.37 bits per heavy atom. The first-order valence-corrected chi connectivity index (χ1v) is 7.60. The summed E-state index contributed by atoms with van der Waals surface area (Å²) in [4.78, 5) is 11.6. The summed E-state index contributed by atoms with van der Waals surface area (Å²) in [5, 5.41) is 6.49. The smallest absolute Gasteiger partial charge is 0.407 e. The number of amides is 1. The molecular weight excluding hydrogens is 240 g/mol. The highest BCUT2D eigenvalue weighted by atomic mass is 16.6. The lowest BCUT2D eigenvalue weighted by Gasteiger charge is -2.23. The predicted octanol–water partition coefficient (Wildman–Crippen LogP) is 3.21. The molecule has 1 amide bonds. The van der Waals surface area contributed by atoms with Crippen molar-refractivity contribution in [2.45, 2.75) is 83.9 Å². The molecule has 0 aliphatic carbocycles. The lowest BCUT2D eigenvalue weighted by Crippen LogP contribution is -2.38. The topological polar surface area (TPSA) is 50.4 Å². The molecule has 0 aromatic carbocycles. The van der Waals surface area contributed by atoms with Gasteiger partial charge in [-0.05, 0) is 59.9 Å². The van der Waals surface area contributed by atoms with E-state index in [9.17, 15) is 4.79 Å². The van der Waals surface area contributed by atoms with Crippen LogP contribution in [0.5, 0.6) is 0 Å². The van der Waals surface area contributed by atoms with Crippen LogP contribution in [0.4, 0.5) is 4.79 Å². The van der Waals surface area contributed by atoms with E-state index in [-0.39, 0.29) is 12.1 Å². The van der Waals surface area contributed by atoms with Gasteiger partial charge in [-0.3, -0.25) is 0 Å². The molecule has 4 heteroatoms. The van der Waals surface area contributed by atoms with Crippen molar-refractivity contribution >= 4 is 6.09 Å². The first kappa shape index (κ1) is 16.3. The standard InChI is InChI=1S/C15H30N2O2/c1-12(17-14(18)19-15(2,3)4)9-10-13-8-6-5-7-11-16-13/h12-13,16H,5-11H2,1-4H3,(H,17,18). The van der Waals surface area contributed by atoms with Gasteiger partial charge in [0.05, 0.1) is 0 Å². The average molecular weight is 270 g/mol. The van der Waals surface area contributed by atoms with E-state index in [4.69, 9.17) is 4.74 Å². The monoisotopic (exact) mass is 270 g/mol. The number of nitrogens with one attached hydrogen (secondary N) is 2. The van der Waals surface area contributed by atoms with E-state index in [1.54, 1.807) is 0 Å². The molecule has 1 rings (SSSR count). The molecule has 0 aromatic heterocycles. The summed E-state index contributed by atoms with van der Waals surface area (Å²) in [6, 6.07) is 0.783. The highest BCUT2D eigenvalue weighted by Gasteiger charge is 2.18. The van der Waals surface area contributed by atoms with Crippen LogP contribution in [0.25, 0.3) is 0 Å². The molecule has 112 valence electrons. The average Bonchev–Trinajstić information content (AvgIpc) is 2.51. The fraction of sp³-hybridized carbons (Fsp3) is 0.933. The van der Waals surface area contributed by atoms with E-state index in [0.29, 0.717) is 6.04 Å². The quantitative estimate of drug-likeness (QED) is 0.824. The van der Waals surface area contributed by atoms with Gasteiger partial charge in [0.15, 0.2) is 0 Å². The molecule has 1 saturated heterocycles. The Kier molecular flexibility index (Phi) is 6.63. The maximum atomic E-state index is 11.6. The maximum absolute atomic E-state index is 11.6. The molecule has 19 heavy (non-hydrogen) atoms. The fourth-order valence-corrected chi connectivity index (χ4v) is 2.38. The number of hydrogen-bond donors (Lipinski definition) is 2. The molecule has 2 atom stereocenters. The zero-order valence-electron chi connectivity index (χ0n) is 12.9. The molecule has 0 aromatic rings. The van der Waals surface area contributed by atoms with E-state index in [1.807, 2.05) is 27.7 Å². The summed E-state index contributed by atoms with van der Waals surface area (Å²) in [7, 11) is 0. The van der Waals surface area contributed by atoms with Gasteiger partial charge in [0.2, 0.25) is 0 Å². The van der Waals surface area contributed by atoms with Crippen molar-refractivity contribution in [3.63, 3.8) is 0 Å². The van der Waals surface area contributed by atoms with E-state index in [1.165, 1.54) is 25.7 Å². The normalized spacial score (nSPS) is 22.4. The third kappa shape index (κ3) is 8.09. The SMILES string of the molecule is CC(CCC1CCCCCN1)NC(=O)OC(C)(C)C. The number of alkyl carbamates (subject to hydrolysis) is 1. The minimum Gasteiger partial charge on any atom is -0.444 e. The van der Waals surface area contributed by atoms with Crippen LogP contribution in [0.15, 0.2) is 0 Å². The van der Waals surface area contributed by atoms with Crippen LogP contribution in [0.1, 0.15) is 66.2 Å². The minimum absolute atomic E-state index is 0.167. The number of carbonyl (C=O) groups excluding carboxylic acids is 1. The number of hydrogen-bond acceptors (Lipinski definition) is 3. The molecule has 2 N–H and O–H groups in total. The third-order valence-corrected chi connectivity index (χ3v) is 3.37. The van der Waals surface area contributed by atoms with Crippen molar-refractivity contribution in [3.05, 3.63) is 0 Å². The van der Waals surface area contributed by atoms with Gasteiger partial charge in [-0.2, -0.15) is 0 Å². The Labute approximate surface area is 117 Å². The molecule has 1 fully saturated rings. The molecule has 1 aliphatic heterocycles. The Hall–Kier alpha value is -0.770. The van der Waals surface area contributed by atoms with Crippen molar-refractivity contribution in [3.8, 4) is 0 Å². The number of carbonyl (C=O) groups is 1. The summed E-state index contributed by atoms with van der Waals surface area (Å²) in [5.41, 5.74) is -0.424. The predicted molar refractivity (Wildman–Crippen MR) is 78.3 cm³/mol. The van der Waals surface area contributed by atoms with Crippen LogP contribution in [0.2, 0.25) is 0 Å². The first-order valence-electron chi connectivity index (χ1n) is 7.60. The second-order valence-electron chi connectivity index (χ2n) is 6.63. The van der Waals surface area contributed by atoms with Crippen molar-refractivity contribution in [1.29, 1.82) is 0 Å². The van der Waals surface area contributed by atoms with Crippen molar-refractivity contribution in [1.82, 2.24) is 10.6 Å². The van der Waals surface area contributed by atoms with Crippen LogP contribution in [-0.4, -0.2) is 30.3 Å². The van der Waals surface area contributed by atoms with Gasteiger partial charge >= 0.3 is 6.09 Å². The molecule has 4 nitrogen and oxygen atoms in total. The van der Waals surface area contributed by atoms with Gasteiger partial charge in [-0.1, -0.05) is 12.8 Å². The van der Waals surface area contributed by atoms with E-state index >= 15 is 0 Å². The van der Waals surface area contributed by atoms with Crippen molar-refractivity contribution in [2.24, 2.45) is 0 Å². The van der Waals surface area contributed by atoms with E-state index < -0.39 is 5.60 Å². The van der Waals surface area contributed by atoms with Gasteiger partial charge in [-0.25, -0.2) is 4.79 Å². The van der Waals surface area contributed by atoms with E-state index in [0.717, 1.165) is 19.4 Å². The van der Waals surface area contributed by atoms with Crippen molar-refractivity contribution < 1.29 is 9.53 Å². The summed E-state index contributed by atoms with van der Waals surface area (Å²) in [6.45, 7) is 8.82. The summed E-state index contributed by atoms with van der Waals surface area (Å²) in [5.74, 6) is 0. The molecule has 0 saturated carbocycles. The molecule has 1 heterocycles. The largest absolute Gasteiger partial charge is 0.444 e. The lowest BCUT2D eigenvalue weighted by molar-refractivity contribution is 0.0505. The Morgan fingerprint density at radius 3 is 2.79 bits per heavy atom. The summed E-state index contributed by atoms with van der Waals surface area (Å²) in [6.07, 6.45) is 7.03. The van der Waals surface area contributed by atoms with Gasteiger partial charge in [0.1, 0.15) is 5.60 Å². The molecule has 0 bridgehead atoms. The van der Waals surface area contributed by atoms with E-state index in [2.05, 4.69) is 10.6 Å². The number of ether oxygens (including phenoxy) is 1. The van der Waals surface area contributed by atoms with Gasteiger partial charge in [-0.15, -0.1) is 0 Å². The Bertz CT molecular complexity index is 266. The van der Waals surface area contributed by atoms with Crippen LogP contribution in [0.3, 0.4) is 0 Å². The van der Waals surface area contributed by atoms with Crippen molar-refractivity contribution in [2.75, 3.05) is 6.54 Å². The Morgan fingerprint density at radius 2 is 2.11 bits per heavy atom. The molecular formula is C15H30N2O2. The zero-order chi connectivity index (χ0) is 14.3. The highest BCUT2D eigenvalue weighted by molar-refractivity contribution is 5.67. The van der Waals surface area contributed by atoms with Crippen LogP contribution >= 0.6 is 0 Å².